The minimum absolute atomic E-state index is 0.201. The molecule has 0 aliphatic carbocycles. The number of anilines is 1. The van der Waals surface area contributed by atoms with Crippen LogP contribution < -0.4 is 4.90 Å². The first-order valence-electron chi connectivity index (χ1n) is 13.2. The van der Waals surface area contributed by atoms with Crippen LogP contribution in [0.5, 0.6) is 0 Å². The Balaban J connectivity index is 1.83. The molecule has 3 fully saturated rings. The van der Waals surface area contributed by atoms with Crippen molar-refractivity contribution in [2.24, 2.45) is 11.8 Å². The third kappa shape index (κ3) is 4.38. The van der Waals surface area contributed by atoms with Crippen LogP contribution in [0.3, 0.4) is 0 Å². The highest BCUT2D eigenvalue weighted by atomic mass is 35.5. The maximum Gasteiger partial charge on any atom is 0.311 e. The van der Waals surface area contributed by atoms with Crippen LogP contribution in [0.4, 0.5) is 5.69 Å². The Hall–Kier alpha value is -2.29. The summed E-state index contributed by atoms with van der Waals surface area (Å²) in [4.78, 5) is 45.5. The molecule has 3 aliphatic rings. The first-order valence-corrected chi connectivity index (χ1v) is 14.4. The van der Waals surface area contributed by atoms with Gasteiger partial charge in [0.1, 0.15) is 6.04 Å². The SMILES string of the molecule is C=CCCOC(=O)[C@H]1[C@H]2C(=O)N([C@@H](CC)CO)C(C(=O)N(CC=C)c3c(C)cccc3Cl)C23CC[C@]1(C)S3. The first-order chi connectivity index (χ1) is 18.1. The zero-order valence-corrected chi connectivity index (χ0v) is 23.9. The standard InChI is InChI=1S/C29H37ClN2O5S/c1-6-9-16-37-27(36)22-21-25(34)32(19(8-3)17-33)24(29(21)14-13-28(22,5)38-29)26(35)31(15-7-2)23-18(4)11-10-12-20(23)30/h6-7,10-12,19,21-22,24,33H,1-2,8-9,13-17H2,3-5H3/t19-,21-,22+,24?,28-,29?/m0/s1. The van der Waals surface area contributed by atoms with Gasteiger partial charge in [-0.25, -0.2) is 0 Å². The second-order valence-electron chi connectivity index (χ2n) is 10.6. The third-order valence-electron chi connectivity index (χ3n) is 8.38. The highest BCUT2D eigenvalue weighted by molar-refractivity contribution is 8.02. The fourth-order valence-corrected chi connectivity index (χ4v) is 9.32. The number of esters is 1. The Morgan fingerprint density at radius 1 is 1.34 bits per heavy atom. The van der Waals surface area contributed by atoms with E-state index in [2.05, 4.69) is 13.2 Å². The summed E-state index contributed by atoms with van der Waals surface area (Å²) >= 11 is 8.18. The Morgan fingerprint density at radius 2 is 2.08 bits per heavy atom. The fourth-order valence-electron chi connectivity index (χ4n) is 6.67. The molecule has 38 heavy (non-hydrogen) atoms. The number of hydrogen-bond acceptors (Lipinski definition) is 6. The number of fused-ring (bicyclic) bond motifs is 1. The Labute approximate surface area is 234 Å². The van der Waals surface area contributed by atoms with Gasteiger partial charge in [0.05, 0.1) is 46.5 Å². The summed E-state index contributed by atoms with van der Waals surface area (Å²) in [5.74, 6) is -2.33. The number of rotatable bonds is 11. The van der Waals surface area contributed by atoms with Gasteiger partial charge >= 0.3 is 5.97 Å². The van der Waals surface area contributed by atoms with Crippen LogP contribution in [0.2, 0.25) is 5.02 Å². The summed E-state index contributed by atoms with van der Waals surface area (Å²) in [6.07, 6.45) is 5.61. The van der Waals surface area contributed by atoms with Crippen molar-refractivity contribution < 1.29 is 24.2 Å². The van der Waals surface area contributed by atoms with Gasteiger partial charge in [0, 0.05) is 11.3 Å². The lowest BCUT2D eigenvalue weighted by Crippen LogP contribution is -2.57. The zero-order valence-electron chi connectivity index (χ0n) is 22.3. The van der Waals surface area contributed by atoms with Gasteiger partial charge in [0.25, 0.3) is 5.91 Å². The maximum absolute atomic E-state index is 14.7. The van der Waals surface area contributed by atoms with Crippen LogP contribution in [0.15, 0.2) is 43.5 Å². The quantitative estimate of drug-likeness (QED) is 0.243. The number of para-hydroxylation sites is 1. The molecule has 3 aliphatic heterocycles. The second kappa shape index (κ2) is 11.1. The van der Waals surface area contributed by atoms with E-state index < -0.39 is 39.4 Å². The van der Waals surface area contributed by atoms with Gasteiger partial charge in [-0.05, 0) is 51.2 Å². The molecule has 206 valence electrons. The minimum atomic E-state index is -0.870. The molecule has 3 saturated heterocycles. The van der Waals surface area contributed by atoms with E-state index in [9.17, 15) is 19.5 Å². The van der Waals surface area contributed by atoms with Crippen LogP contribution in [0.1, 0.15) is 45.1 Å². The molecule has 6 atom stereocenters. The van der Waals surface area contributed by atoms with E-state index in [0.29, 0.717) is 36.4 Å². The Kier molecular flexibility index (Phi) is 8.36. The molecule has 9 heteroatoms. The van der Waals surface area contributed by atoms with E-state index in [1.165, 1.54) is 0 Å². The van der Waals surface area contributed by atoms with E-state index >= 15 is 0 Å². The number of carbonyl (C=O) groups excluding carboxylic acids is 3. The van der Waals surface area contributed by atoms with Crippen LogP contribution in [-0.4, -0.2) is 69.1 Å². The third-order valence-corrected chi connectivity index (χ3v) is 10.7. The number of nitrogens with zero attached hydrogens (tertiary/aromatic N) is 2. The van der Waals surface area contributed by atoms with Gasteiger partial charge in [0.15, 0.2) is 0 Å². The number of aryl methyl sites for hydroxylation is 1. The van der Waals surface area contributed by atoms with Crippen molar-refractivity contribution >= 4 is 46.8 Å². The normalized spacial score (nSPS) is 30.2. The molecule has 1 aromatic carbocycles. The molecule has 2 bridgehead atoms. The molecule has 4 rings (SSSR count). The van der Waals surface area contributed by atoms with Gasteiger partial charge in [0.2, 0.25) is 5.91 Å². The van der Waals surface area contributed by atoms with Crippen molar-refractivity contribution in [3.63, 3.8) is 0 Å². The number of aliphatic hydroxyl groups is 1. The van der Waals surface area contributed by atoms with Crippen molar-refractivity contribution in [1.82, 2.24) is 4.90 Å². The van der Waals surface area contributed by atoms with Crippen LogP contribution in [-0.2, 0) is 19.1 Å². The minimum Gasteiger partial charge on any atom is -0.465 e. The molecular formula is C29H37ClN2O5S. The molecule has 2 amide bonds. The van der Waals surface area contributed by atoms with Gasteiger partial charge in [-0.3, -0.25) is 14.4 Å². The van der Waals surface area contributed by atoms with Crippen molar-refractivity contribution in [2.75, 3.05) is 24.7 Å². The predicted octanol–water partition coefficient (Wildman–Crippen LogP) is 4.54. The fraction of sp³-hybridized carbons (Fsp3) is 0.552. The summed E-state index contributed by atoms with van der Waals surface area (Å²) in [6, 6.07) is 4.03. The van der Waals surface area contributed by atoms with Gasteiger partial charge in [-0.1, -0.05) is 42.8 Å². The number of amides is 2. The number of carbonyl (C=O) groups is 3. The average Bonchev–Trinajstić information content (AvgIpc) is 3.45. The molecule has 0 aromatic heterocycles. The number of likely N-dealkylation sites (tertiary alicyclic amines) is 1. The lowest BCUT2D eigenvalue weighted by molar-refractivity contribution is -0.156. The molecular weight excluding hydrogens is 524 g/mol. The second-order valence-corrected chi connectivity index (χ2v) is 12.9. The predicted molar refractivity (Wildman–Crippen MR) is 151 cm³/mol. The van der Waals surface area contributed by atoms with Crippen molar-refractivity contribution in [3.05, 3.63) is 54.1 Å². The van der Waals surface area contributed by atoms with Crippen LogP contribution in [0, 0.1) is 18.8 Å². The maximum atomic E-state index is 14.7. The molecule has 7 nitrogen and oxygen atoms in total. The number of thioether (sulfide) groups is 1. The molecule has 0 radical (unpaired) electrons. The molecule has 2 unspecified atom stereocenters. The number of hydrogen-bond donors (Lipinski definition) is 1. The molecule has 1 aromatic rings. The van der Waals surface area contributed by atoms with Gasteiger partial charge in [-0.2, -0.15) is 0 Å². The van der Waals surface area contributed by atoms with E-state index in [0.717, 1.165) is 5.56 Å². The largest absolute Gasteiger partial charge is 0.465 e. The highest BCUT2D eigenvalue weighted by Crippen LogP contribution is 2.72. The first kappa shape index (κ1) is 28.7. The van der Waals surface area contributed by atoms with E-state index in [4.69, 9.17) is 16.3 Å². The summed E-state index contributed by atoms with van der Waals surface area (Å²) in [6.45, 7) is 13.4. The lowest BCUT2D eigenvalue weighted by atomic mass is 9.66. The lowest BCUT2D eigenvalue weighted by Gasteiger charge is -2.39. The molecule has 1 spiro atoms. The van der Waals surface area contributed by atoms with E-state index in [1.807, 2.05) is 32.9 Å². The molecule has 3 heterocycles. The monoisotopic (exact) mass is 560 g/mol. The number of benzene rings is 1. The summed E-state index contributed by atoms with van der Waals surface area (Å²) in [5, 5.41) is 10.7. The van der Waals surface area contributed by atoms with Crippen molar-refractivity contribution in [2.45, 2.75) is 68.0 Å². The summed E-state index contributed by atoms with van der Waals surface area (Å²) < 4.78 is 4.25. The topological polar surface area (TPSA) is 87.1 Å². The highest BCUT2D eigenvalue weighted by Gasteiger charge is 2.78. The Morgan fingerprint density at radius 3 is 2.68 bits per heavy atom. The smallest absolute Gasteiger partial charge is 0.311 e. The van der Waals surface area contributed by atoms with Crippen molar-refractivity contribution in [1.29, 1.82) is 0 Å². The molecule has 1 N–H and O–H groups in total. The Bertz CT molecular complexity index is 1120. The van der Waals surface area contributed by atoms with Gasteiger partial charge < -0.3 is 19.6 Å². The van der Waals surface area contributed by atoms with Gasteiger partial charge in [-0.15, -0.1) is 24.9 Å². The van der Waals surface area contributed by atoms with Crippen molar-refractivity contribution in [3.8, 4) is 0 Å². The van der Waals surface area contributed by atoms with E-state index in [-0.39, 0.29) is 31.6 Å². The number of ether oxygens (including phenoxy) is 1. The summed E-state index contributed by atoms with van der Waals surface area (Å²) in [5.41, 5.74) is 1.40. The van der Waals surface area contributed by atoms with Crippen LogP contribution in [0.25, 0.3) is 0 Å². The number of halogens is 1. The van der Waals surface area contributed by atoms with E-state index in [1.54, 1.807) is 39.8 Å². The average molecular weight is 561 g/mol. The zero-order chi connectivity index (χ0) is 27.8. The molecule has 0 saturated carbocycles. The van der Waals surface area contributed by atoms with Crippen LogP contribution >= 0.6 is 23.4 Å². The number of aliphatic hydroxyl groups excluding tert-OH is 1. The summed E-state index contributed by atoms with van der Waals surface area (Å²) in [7, 11) is 0.